The number of aliphatic hydroxyl groups excluding tert-OH is 1. The van der Waals surface area contributed by atoms with Crippen molar-refractivity contribution in [2.24, 2.45) is 22.7 Å². The SMILES string of the molecule is CC(C)CC(C)Oc1ccc(NC(=O)CCC2C=CC(C(C)(C)C)=C(O)C(C(C)(C)C)=C2)cc1. The third-order valence-electron chi connectivity index (χ3n) is 6.00. The van der Waals surface area contributed by atoms with Crippen LogP contribution in [0.25, 0.3) is 0 Å². The Morgan fingerprint density at radius 1 is 1.03 bits per heavy atom. The topological polar surface area (TPSA) is 58.6 Å². The molecule has 0 spiro atoms. The second kappa shape index (κ2) is 11.3. The molecule has 1 aromatic carbocycles. The smallest absolute Gasteiger partial charge is 0.224 e. The molecule has 0 aliphatic heterocycles. The maximum Gasteiger partial charge on any atom is 0.224 e. The second-order valence-corrected chi connectivity index (χ2v) is 12.0. The molecule has 0 bridgehead atoms. The Morgan fingerprint density at radius 2 is 1.65 bits per heavy atom. The van der Waals surface area contributed by atoms with Crippen molar-refractivity contribution in [1.82, 2.24) is 0 Å². The highest BCUT2D eigenvalue weighted by Gasteiger charge is 2.29. The van der Waals surface area contributed by atoms with Gasteiger partial charge in [0.05, 0.1) is 6.10 Å². The van der Waals surface area contributed by atoms with Crippen molar-refractivity contribution in [1.29, 1.82) is 0 Å². The number of amides is 1. The molecular formula is C30H45NO3. The molecule has 188 valence electrons. The minimum Gasteiger partial charge on any atom is -0.507 e. The van der Waals surface area contributed by atoms with Crippen LogP contribution in [0.2, 0.25) is 0 Å². The Labute approximate surface area is 207 Å². The van der Waals surface area contributed by atoms with Crippen LogP contribution in [0.4, 0.5) is 5.69 Å². The fourth-order valence-corrected chi connectivity index (χ4v) is 4.26. The summed E-state index contributed by atoms with van der Waals surface area (Å²) in [4.78, 5) is 12.6. The molecule has 0 fully saturated rings. The van der Waals surface area contributed by atoms with Crippen molar-refractivity contribution in [2.75, 3.05) is 5.32 Å². The molecule has 4 nitrogen and oxygen atoms in total. The van der Waals surface area contributed by atoms with Crippen LogP contribution in [0.5, 0.6) is 5.75 Å². The van der Waals surface area contributed by atoms with Gasteiger partial charge in [0, 0.05) is 12.1 Å². The van der Waals surface area contributed by atoms with E-state index in [-0.39, 0.29) is 28.8 Å². The molecular weight excluding hydrogens is 422 g/mol. The molecule has 2 unspecified atom stereocenters. The maximum absolute atomic E-state index is 12.6. The molecule has 1 aliphatic rings. The summed E-state index contributed by atoms with van der Waals surface area (Å²) >= 11 is 0. The minimum absolute atomic E-state index is 0.0153. The summed E-state index contributed by atoms with van der Waals surface area (Å²) in [6.45, 7) is 19.1. The number of rotatable bonds is 8. The summed E-state index contributed by atoms with van der Waals surface area (Å²) in [5, 5.41) is 14.1. The zero-order chi connectivity index (χ0) is 25.7. The number of carbonyl (C=O) groups excluding carboxylic acids is 1. The van der Waals surface area contributed by atoms with E-state index < -0.39 is 0 Å². The van der Waals surface area contributed by atoms with E-state index >= 15 is 0 Å². The standard InChI is InChI=1S/C30H45NO3/c1-20(2)18-21(3)34-24-14-12-23(13-15-24)31-27(32)17-11-22-10-16-25(29(4,5)6)28(33)26(19-22)30(7,8)9/h10,12-16,19-22,33H,11,17-18H2,1-9H3,(H,31,32). The summed E-state index contributed by atoms with van der Waals surface area (Å²) < 4.78 is 5.95. The molecule has 1 aromatic rings. The van der Waals surface area contributed by atoms with E-state index in [1.807, 2.05) is 30.3 Å². The number of nitrogens with one attached hydrogen (secondary N) is 1. The van der Waals surface area contributed by atoms with Gasteiger partial charge in [0.15, 0.2) is 0 Å². The molecule has 0 heterocycles. The van der Waals surface area contributed by atoms with Crippen molar-refractivity contribution in [3.63, 3.8) is 0 Å². The first kappa shape index (κ1) is 27.8. The number of allylic oxidation sites excluding steroid dienone is 5. The number of ether oxygens (including phenoxy) is 1. The normalized spacial score (nSPS) is 17.9. The molecule has 2 N–H and O–H groups in total. The average Bonchev–Trinajstić information content (AvgIpc) is 2.86. The van der Waals surface area contributed by atoms with Crippen LogP contribution < -0.4 is 10.1 Å². The first-order valence-corrected chi connectivity index (χ1v) is 12.6. The molecule has 1 aliphatic carbocycles. The molecule has 0 radical (unpaired) electrons. The van der Waals surface area contributed by atoms with Crippen LogP contribution in [0.3, 0.4) is 0 Å². The van der Waals surface area contributed by atoms with Crippen LogP contribution >= 0.6 is 0 Å². The van der Waals surface area contributed by atoms with E-state index in [4.69, 9.17) is 4.74 Å². The van der Waals surface area contributed by atoms with Crippen LogP contribution in [0.1, 0.15) is 81.6 Å². The average molecular weight is 468 g/mol. The molecule has 0 saturated carbocycles. The van der Waals surface area contributed by atoms with Crippen molar-refractivity contribution in [3.05, 3.63) is 59.4 Å². The highest BCUT2D eigenvalue weighted by atomic mass is 16.5. The van der Waals surface area contributed by atoms with Gasteiger partial charge in [-0.3, -0.25) is 4.79 Å². The highest BCUT2D eigenvalue weighted by Crippen LogP contribution is 2.40. The van der Waals surface area contributed by atoms with E-state index in [9.17, 15) is 9.90 Å². The van der Waals surface area contributed by atoms with Gasteiger partial charge in [0.2, 0.25) is 5.91 Å². The van der Waals surface area contributed by atoms with Gasteiger partial charge in [-0.15, -0.1) is 0 Å². The Morgan fingerprint density at radius 3 is 2.18 bits per heavy atom. The van der Waals surface area contributed by atoms with Crippen LogP contribution in [-0.4, -0.2) is 17.1 Å². The maximum atomic E-state index is 12.6. The fourth-order valence-electron chi connectivity index (χ4n) is 4.26. The van der Waals surface area contributed by atoms with Gasteiger partial charge in [-0.25, -0.2) is 0 Å². The van der Waals surface area contributed by atoms with Crippen molar-refractivity contribution in [2.45, 2.75) is 87.7 Å². The lowest BCUT2D eigenvalue weighted by atomic mass is 9.79. The molecule has 2 atom stereocenters. The highest BCUT2D eigenvalue weighted by molar-refractivity contribution is 5.90. The third-order valence-corrected chi connectivity index (χ3v) is 6.00. The Bertz CT molecular complexity index is 921. The van der Waals surface area contributed by atoms with E-state index in [1.54, 1.807) is 0 Å². The molecule has 34 heavy (non-hydrogen) atoms. The van der Waals surface area contributed by atoms with Crippen LogP contribution in [0, 0.1) is 22.7 Å². The van der Waals surface area contributed by atoms with Crippen molar-refractivity contribution >= 4 is 11.6 Å². The number of carbonyl (C=O) groups is 1. The van der Waals surface area contributed by atoms with Gasteiger partial charge < -0.3 is 15.2 Å². The van der Waals surface area contributed by atoms with Crippen molar-refractivity contribution in [3.8, 4) is 5.75 Å². The van der Waals surface area contributed by atoms with E-state index in [2.05, 4.69) is 79.8 Å². The largest absolute Gasteiger partial charge is 0.507 e. The summed E-state index contributed by atoms with van der Waals surface area (Å²) in [5.41, 5.74) is 2.29. The number of anilines is 1. The van der Waals surface area contributed by atoms with Crippen molar-refractivity contribution < 1.29 is 14.6 Å². The minimum atomic E-state index is -0.191. The molecule has 2 rings (SSSR count). The summed E-state index contributed by atoms with van der Waals surface area (Å²) in [7, 11) is 0. The van der Waals surface area contributed by atoms with Crippen LogP contribution in [-0.2, 0) is 4.79 Å². The number of hydrogen-bond acceptors (Lipinski definition) is 3. The summed E-state index contributed by atoms with van der Waals surface area (Å²) in [6, 6.07) is 7.58. The van der Waals surface area contributed by atoms with E-state index in [0.29, 0.717) is 24.5 Å². The molecule has 0 aromatic heterocycles. The second-order valence-electron chi connectivity index (χ2n) is 12.0. The van der Waals surface area contributed by atoms with Gasteiger partial charge in [-0.2, -0.15) is 0 Å². The monoisotopic (exact) mass is 467 g/mol. The lowest BCUT2D eigenvalue weighted by molar-refractivity contribution is -0.116. The van der Waals surface area contributed by atoms with Gasteiger partial charge in [0.25, 0.3) is 0 Å². The van der Waals surface area contributed by atoms with Gasteiger partial charge in [0.1, 0.15) is 11.5 Å². The molecule has 1 amide bonds. The fraction of sp³-hybridized carbons (Fsp3) is 0.567. The lowest BCUT2D eigenvalue weighted by Gasteiger charge is -2.27. The predicted octanol–water partition coefficient (Wildman–Crippen LogP) is 8.24. The number of aliphatic hydroxyl groups is 1. The van der Waals surface area contributed by atoms with Crippen LogP contribution in [0.15, 0.2) is 59.4 Å². The lowest BCUT2D eigenvalue weighted by Crippen LogP contribution is -2.17. The number of benzene rings is 1. The Kier molecular flexibility index (Phi) is 9.22. The molecule has 0 saturated heterocycles. The quantitative estimate of drug-likeness (QED) is 0.405. The van der Waals surface area contributed by atoms with E-state index in [1.165, 1.54) is 0 Å². The predicted molar refractivity (Wildman–Crippen MR) is 143 cm³/mol. The van der Waals surface area contributed by atoms with Gasteiger partial charge in [-0.1, -0.05) is 73.6 Å². The zero-order valence-corrected chi connectivity index (χ0v) is 22.7. The first-order chi connectivity index (χ1) is 15.7. The van der Waals surface area contributed by atoms with Gasteiger partial charge in [-0.05, 0) is 77.8 Å². The first-order valence-electron chi connectivity index (χ1n) is 12.6. The third kappa shape index (κ3) is 8.38. The van der Waals surface area contributed by atoms with Gasteiger partial charge >= 0.3 is 0 Å². The summed E-state index contributed by atoms with van der Waals surface area (Å²) in [6.07, 6.45) is 8.52. The van der Waals surface area contributed by atoms with E-state index in [0.717, 1.165) is 29.0 Å². The Hall–Kier alpha value is -2.49. The molecule has 4 heteroatoms. The summed E-state index contributed by atoms with van der Waals surface area (Å²) in [5.74, 6) is 1.84. The zero-order valence-electron chi connectivity index (χ0n) is 22.7. The Balaban J connectivity index is 2.01. The number of hydrogen-bond donors (Lipinski definition) is 2.